The Labute approximate surface area is 296 Å². The Kier molecular flexibility index (Phi) is 6.46. The van der Waals surface area contributed by atoms with Crippen LogP contribution in [0, 0.1) is 0 Å². The van der Waals surface area contributed by atoms with Crippen LogP contribution in [0.1, 0.15) is 25.0 Å². The van der Waals surface area contributed by atoms with Gasteiger partial charge in [-0.3, -0.25) is 0 Å². The van der Waals surface area contributed by atoms with Crippen LogP contribution in [0.5, 0.6) is 0 Å². The highest BCUT2D eigenvalue weighted by Crippen LogP contribution is 2.51. The Morgan fingerprint density at radius 2 is 1.02 bits per heavy atom. The number of nitrogens with zero attached hydrogens (tertiary/aromatic N) is 1. The third-order valence-corrected chi connectivity index (χ3v) is 11.8. The van der Waals surface area contributed by atoms with Gasteiger partial charge in [0, 0.05) is 11.0 Å². The predicted molar refractivity (Wildman–Crippen MR) is 214 cm³/mol. The van der Waals surface area contributed by atoms with E-state index in [9.17, 15) is 0 Å². The smallest absolute Gasteiger partial charge is 0.124 e. The van der Waals surface area contributed by atoms with E-state index in [1.165, 1.54) is 81.9 Å². The molecular formula is C48H33NS. The van der Waals surface area contributed by atoms with E-state index in [2.05, 4.69) is 178 Å². The molecule has 0 radical (unpaired) electrons. The van der Waals surface area contributed by atoms with Gasteiger partial charge in [0.25, 0.3) is 0 Å². The summed E-state index contributed by atoms with van der Waals surface area (Å²) >= 11 is 1.75. The number of hydrogen-bond acceptors (Lipinski definition) is 2. The highest BCUT2D eigenvalue weighted by atomic mass is 32.1. The van der Waals surface area contributed by atoms with Crippen LogP contribution in [0.15, 0.2) is 164 Å². The van der Waals surface area contributed by atoms with E-state index in [0.29, 0.717) is 0 Å². The van der Waals surface area contributed by atoms with Gasteiger partial charge in [-0.25, -0.2) is 4.98 Å². The van der Waals surface area contributed by atoms with Crippen LogP contribution in [-0.4, -0.2) is 4.98 Å². The molecule has 0 aliphatic heterocycles. The Balaban J connectivity index is 1.22. The van der Waals surface area contributed by atoms with Crippen molar-refractivity contribution in [2.45, 2.75) is 19.3 Å². The van der Waals surface area contributed by atoms with Crippen molar-refractivity contribution in [1.82, 2.24) is 4.98 Å². The summed E-state index contributed by atoms with van der Waals surface area (Å²) in [6.45, 7) is 4.73. The molecule has 1 aromatic heterocycles. The average molecular weight is 656 g/mol. The van der Waals surface area contributed by atoms with E-state index in [1.54, 1.807) is 11.3 Å². The van der Waals surface area contributed by atoms with Gasteiger partial charge in [0.05, 0.1) is 10.2 Å². The minimum atomic E-state index is -0.0757. The van der Waals surface area contributed by atoms with Gasteiger partial charge in [0.15, 0.2) is 0 Å². The number of benzene rings is 8. The first-order valence-electron chi connectivity index (χ1n) is 17.3. The van der Waals surface area contributed by atoms with E-state index in [0.717, 1.165) is 16.1 Å². The molecule has 1 heterocycles. The zero-order valence-electron chi connectivity index (χ0n) is 27.9. The number of hydrogen-bond donors (Lipinski definition) is 0. The number of para-hydroxylation sites is 1. The van der Waals surface area contributed by atoms with E-state index >= 15 is 0 Å². The van der Waals surface area contributed by atoms with Crippen LogP contribution in [-0.2, 0) is 5.41 Å². The lowest BCUT2D eigenvalue weighted by Crippen LogP contribution is -2.14. The Morgan fingerprint density at radius 1 is 0.420 bits per heavy atom. The van der Waals surface area contributed by atoms with E-state index in [4.69, 9.17) is 4.98 Å². The quantitative estimate of drug-likeness (QED) is 0.172. The lowest BCUT2D eigenvalue weighted by Gasteiger charge is -2.23. The monoisotopic (exact) mass is 655 g/mol. The van der Waals surface area contributed by atoms with E-state index in [1.807, 2.05) is 0 Å². The maximum atomic E-state index is 4.94. The molecule has 1 nitrogen and oxygen atoms in total. The van der Waals surface area contributed by atoms with Crippen molar-refractivity contribution < 1.29 is 0 Å². The molecule has 0 unspecified atom stereocenters. The number of fused-ring (bicyclic) bond motifs is 6. The fourth-order valence-electron chi connectivity index (χ4n) is 8.25. The second kappa shape index (κ2) is 11.1. The molecule has 0 N–H and O–H groups in total. The van der Waals surface area contributed by atoms with Crippen molar-refractivity contribution in [2.75, 3.05) is 0 Å². The summed E-state index contributed by atoms with van der Waals surface area (Å²) in [5.74, 6) is 0. The molecule has 0 atom stereocenters. The van der Waals surface area contributed by atoms with Gasteiger partial charge in [-0.15, -0.1) is 11.3 Å². The van der Waals surface area contributed by atoms with Gasteiger partial charge >= 0.3 is 0 Å². The van der Waals surface area contributed by atoms with Gasteiger partial charge in [-0.05, 0) is 101 Å². The Bertz CT molecular complexity index is 2740. The van der Waals surface area contributed by atoms with E-state index in [-0.39, 0.29) is 5.41 Å². The normalized spacial score (nSPS) is 13.2. The highest BCUT2D eigenvalue weighted by Gasteiger charge is 2.35. The SMILES string of the molecule is CC1(C)c2ccccc2-c2ccc(-c3c4ccccc4c(-c4ccc(-c5nc6ccccc6s5)cc4)c4ccc(-c5ccccc5)cc34)cc21. The van der Waals surface area contributed by atoms with Gasteiger partial charge in [-0.2, -0.15) is 0 Å². The molecule has 0 spiro atoms. The summed E-state index contributed by atoms with van der Waals surface area (Å²) < 4.78 is 1.21. The van der Waals surface area contributed by atoms with Crippen molar-refractivity contribution in [3.63, 3.8) is 0 Å². The largest absolute Gasteiger partial charge is 0.236 e. The first-order chi connectivity index (χ1) is 24.5. The lowest BCUT2D eigenvalue weighted by molar-refractivity contribution is 0.660. The second-order valence-electron chi connectivity index (χ2n) is 13.9. The molecule has 0 amide bonds. The van der Waals surface area contributed by atoms with Crippen LogP contribution in [0.2, 0.25) is 0 Å². The molecule has 0 fully saturated rings. The third-order valence-electron chi connectivity index (χ3n) is 10.7. The van der Waals surface area contributed by atoms with Gasteiger partial charge in [-0.1, -0.05) is 153 Å². The van der Waals surface area contributed by atoms with Crippen molar-refractivity contribution in [1.29, 1.82) is 0 Å². The summed E-state index contributed by atoms with van der Waals surface area (Å²) in [5.41, 5.74) is 15.1. The summed E-state index contributed by atoms with van der Waals surface area (Å²) in [6, 6.07) is 60.3. The van der Waals surface area contributed by atoms with Crippen LogP contribution >= 0.6 is 11.3 Å². The molecule has 2 heteroatoms. The first-order valence-corrected chi connectivity index (χ1v) is 18.1. The minimum absolute atomic E-state index is 0.0757. The maximum absolute atomic E-state index is 4.94. The van der Waals surface area contributed by atoms with Gasteiger partial charge in [0.2, 0.25) is 0 Å². The van der Waals surface area contributed by atoms with Crippen LogP contribution in [0.25, 0.3) is 86.8 Å². The van der Waals surface area contributed by atoms with Crippen molar-refractivity contribution >= 4 is 43.1 Å². The minimum Gasteiger partial charge on any atom is -0.236 e. The molecule has 10 rings (SSSR count). The lowest BCUT2D eigenvalue weighted by atomic mass is 9.80. The molecule has 50 heavy (non-hydrogen) atoms. The van der Waals surface area contributed by atoms with Crippen LogP contribution < -0.4 is 0 Å². The summed E-state index contributed by atoms with van der Waals surface area (Å²) in [4.78, 5) is 4.94. The molecule has 1 aliphatic rings. The molecule has 236 valence electrons. The van der Waals surface area contributed by atoms with E-state index < -0.39 is 0 Å². The fraction of sp³-hybridized carbons (Fsp3) is 0.0625. The van der Waals surface area contributed by atoms with Crippen LogP contribution in [0.3, 0.4) is 0 Å². The molecule has 1 aliphatic carbocycles. The zero-order chi connectivity index (χ0) is 33.4. The number of aromatic nitrogens is 1. The molecule has 9 aromatic rings. The van der Waals surface area contributed by atoms with Crippen LogP contribution in [0.4, 0.5) is 0 Å². The Hall–Kier alpha value is -5.83. The average Bonchev–Trinajstić information content (AvgIpc) is 3.70. The van der Waals surface area contributed by atoms with Gasteiger partial charge < -0.3 is 0 Å². The summed E-state index contributed by atoms with van der Waals surface area (Å²) in [6.07, 6.45) is 0. The van der Waals surface area contributed by atoms with Gasteiger partial charge in [0.1, 0.15) is 5.01 Å². The molecule has 0 bridgehead atoms. The Morgan fingerprint density at radius 3 is 1.82 bits per heavy atom. The van der Waals surface area contributed by atoms with Crippen molar-refractivity contribution in [2.24, 2.45) is 0 Å². The predicted octanol–water partition coefficient (Wildman–Crippen LogP) is 13.6. The maximum Gasteiger partial charge on any atom is 0.124 e. The fourth-order valence-corrected chi connectivity index (χ4v) is 9.22. The van der Waals surface area contributed by atoms with Crippen molar-refractivity contribution in [3.05, 3.63) is 175 Å². The zero-order valence-corrected chi connectivity index (χ0v) is 28.8. The summed E-state index contributed by atoms with van der Waals surface area (Å²) in [7, 11) is 0. The molecule has 0 saturated heterocycles. The first kappa shape index (κ1) is 29.1. The highest BCUT2D eigenvalue weighted by molar-refractivity contribution is 7.21. The molecule has 8 aromatic carbocycles. The second-order valence-corrected chi connectivity index (χ2v) is 14.9. The standard InChI is InChI=1S/C48H33NS/c1-48(2)41-17-9-8-14-35(41)36-26-25-34(29-42(36)48)46-38-16-7-6-15-37(38)45(39-27-24-33(28-40(39)46)30-12-4-3-5-13-30)31-20-22-32(23-21-31)47-49-43-18-10-11-19-44(43)50-47/h3-29H,1-2H3. The molecular weight excluding hydrogens is 623 g/mol. The number of rotatable bonds is 4. The molecule has 0 saturated carbocycles. The third kappa shape index (κ3) is 4.42. The van der Waals surface area contributed by atoms with Crippen molar-refractivity contribution in [3.8, 4) is 55.1 Å². The number of thiazole rings is 1. The summed E-state index contributed by atoms with van der Waals surface area (Å²) in [5, 5.41) is 6.11. The topological polar surface area (TPSA) is 12.9 Å².